The molecule has 0 saturated heterocycles. The molecule has 5 nitrogen and oxygen atoms in total. The zero-order chi connectivity index (χ0) is 13.4. The Balaban J connectivity index is 2.61. The summed E-state index contributed by atoms with van der Waals surface area (Å²) in [6.07, 6.45) is 0.106. The molecule has 0 saturated carbocycles. The van der Waals surface area contributed by atoms with Crippen LogP contribution >= 0.6 is 11.6 Å². The van der Waals surface area contributed by atoms with Crippen LogP contribution in [0.15, 0.2) is 24.3 Å². The molecule has 2 N–H and O–H groups in total. The molecular formula is C12H15ClN2O3. The number of nitrogens with one attached hydrogen (secondary N) is 2. The number of para-hydroxylation sites is 1. The zero-order valence-corrected chi connectivity index (χ0v) is 10.8. The third-order valence-corrected chi connectivity index (χ3v) is 2.33. The van der Waals surface area contributed by atoms with Crippen molar-refractivity contribution in [3.63, 3.8) is 0 Å². The van der Waals surface area contributed by atoms with E-state index in [1.807, 2.05) is 12.1 Å². The van der Waals surface area contributed by atoms with Crippen molar-refractivity contribution in [2.45, 2.75) is 13.0 Å². The van der Waals surface area contributed by atoms with Crippen LogP contribution in [0.2, 0.25) is 0 Å². The standard InChI is InChI=1S/C12H15ClN2O3/c1-18-8-9-4-2-3-5-10(9)14-12(17)15-11(16)6-7-13/h2-5H,6-8H2,1H3,(H2,14,15,16,17). The highest BCUT2D eigenvalue weighted by Gasteiger charge is 2.09. The van der Waals surface area contributed by atoms with Crippen LogP contribution in [0.4, 0.5) is 10.5 Å². The van der Waals surface area contributed by atoms with E-state index in [0.29, 0.717) is 12.3 Å². The SMILES string of the molecule is COCc1ccccc1NC(=O)NC(=O)CCCl. The van der Waals surface area contributed by atoms with Crippen LogP contribution < -0.4 is 10.6 Å². The van der Waals surface area contributed by atoms with Crippen LogP contribution in [0, 0.1) is 0 Å². The van der Waals surface area contributed by atoms with Gasteiger partial charge in [-0.15, -0.1) is 11.6 Å². The number of alkyl halides is 1. The van der Waals surface area contributed by atoms with Gasteiger partial charge in [0.15, 0.2) is 0 Å². The summed E-state index contributed by atoms with van der Waals surface area (Å²) in [5, 5.41) is 4.78. The molecule has 1 aromatic carbocycles. The molecule has 18 heavy (non-hydrogen) atoms. The second-order valence-corrected chi connectivity index (χ2v) is 3.91. The first-order valence-corrected chi connectivity index (χ1v) is 5.94. The predicted octanol–water partition coefficient (Wildman–Crippen LogP) is 2.11. The van der Waals surface area contributed by atoms with Gasteiger partial charge in [-0.1, -0.05) is 18.2 Å². The second-order valence-electron chi connectivity index (χ2n) is 3.53. The summed E-state index contributed by atoms with van der Waals surface area (Å²) in [5.74, 6) is -0.231. The fourth-order valence-corrected chi connectivity index (χ4v) is 1.52. The summed E-state index contributed by atoms with van der Waals surface area (Å²) in [6, 6.07) is 6.62. The zero-order valence-electron chi connectivity index (χ0n) is 10.0. The van der Waals surface area contributed by atoms with Gasteiger partial charge in [-0.2, -0.15) is 0 Å². The number of anilines is 1. The minimum Gasteiger partial charge on any atom is -0.380 e. The lowest BCUT2D eigenvalue weighted by atomic mass is 10.2. The summed E-state index contributed by atoms with van der Waals surface area (Å²) >= 11 is 5.40. The number of hydrogen-bond donors (Lipinski definition) is 2. The first-order valence-electron chi connectivity index (χ1n) is 5.41. The van der Waals surface area contributed by atoms with Crippen LogP contribution in [-0.2, 0) is 16.1 Å². The summed E-state index contributed by atoms with van der Waals surface area (Å²) in [4.78, 5) is 22.7. The van der Waals surface area contributed by atoms with Crippen molar-refractivity contribution >= 4 is 29.2 Å². The van der Waals surface area contributed by atoms with E-state index in [1.165, 1.54) is 0 Å². The van der Waals surface area contributed by atoms with Crippen molar-refractivity contribution in [2.75, 3.05) is 18.3 Å². The normalized spacial score (nSPS) is 9.89. The van der Waals surface area contributed by atoms with E-state index in [1.54, 1.807) is 19.2 Å². The lowest BCUT2D eigenvalue weighted by Gasteiger charge is -2.10. The molecule has 0 aliphatic heterocycles. The largest absolute Gasteiger partial charge is 0.380 e. The number of hydrogen-bond acceptors (Lipinski definition) is 3. The summed E-state index contributed by atoms with van der Waals surface area (Å²) in [6.45, 7) is 0.381. The number of halogens is 1. The fraction of sp³-hybridized carbons (Fsp3) is 0.333. The van der Waals surface area contributed by atoms with Gasteiger partial charge in [0, 0.05) is 30.7 Å². The van der Waals surface area contributed by atoms with E-state index >= 15 is 0 Å². The maximum absolute atomic E-state index is 11.5. The number of amides is 3. The van der Waals surface area contributed by atoms with E-state index in [9.17, 15) is 9.59 Å². The smallest absolute Gasteiger partial charge is 0.325 e. The molecule has 0 radical (unpaired) electrons. The van der Waals surface area contributed by atoms with Crippen molar-refractivity contribution in [3.05, 3.63) is 29.8 Å². The molecule has 0 heterocycles. The van der Waals surface area contributed by atoms with Gasteiger partial charge in [0.05, 0.1) is 6.61 Å². The average Bonchev–Trinajstić information content (AvgIpc) is 2.32. The molecule has 0 fully saturated rings. The number of carbonyl (C=O) groups is 2. The molecule has 0 bridgehead atoms. The van der Waals surface area contributed by atoms with Crippen molar-refractivity contribution in [2.24, 2.45) is 0 Å². The number of rotatable bonds is 5. The third-order valence-electron chi connectivity index (χ3n) is 2.14. The Labute approximate surface area is 110 Å². The highest BCUT2D eigenvalue weighted by Crippen LogP contribution is 2.15. The molecule has 0 aliphatic carbocycles. The molecule has 0 unspecified atom stereocenters. The predicted molar refractivity (Wildman–Crippen MR) is 69.7 cm³/mol. The maximum atomic E-state index is 11.5. The number of benzene rings is 1. The molecular weight excluding hydrogens is 256 g/mol. The van der Waals surface area contributed by atoms with Gasteiger partial charge in [0.2, 0.25) is 5.91 Å². The van der Waals surface area contributed by atoms with E-state index in [2.05, 4.69) is 10.6 Å². The molecule has 0 aromatic heterocycles. The molecule has 1 aromatic rings. The quantitative estimate of drug-likeness (QED) is 0.805. The van der Waals surface area contributed by atoms with Crippen molar-refractivity contribution in [3.8, 4) is 0 Å². The van der Waals surface area contributed by atoms with E-state index < -0.39 is 11.9 Å². The minimum absolute atomic E-state index is 0.106. The van der Waals surface area contributed by atoms with Crippen LogP contribution in [0.5, 0.6) is 0 Å². The van der Waals surface area contributed by atoms with Crippen molar-refractivity contribution in [1.29, 1.82) is 0 Å². The van der Waals surface area contributed by atoms with E-state index in [0.717, 1.165) is 5.56 Å². The molecule has 6 heteroatoms. The Morgan fingerprint density at radius 1 is 1.33 bits per heavy atom. The third kappa shape index (κ3) is 4.73. The minimum atomic E-state index is -0.575. The Kier molecular flexibility index (Phi) is 6.18. The number of imide groups is 1. The van der Waals surface area contributed by atoms with Crippen LogP contribution in [-0.4, -0.2) is 24.9 Å². The summed E-state index contributed by atoms with van der Waals surface area (Å²) < 4.78 is 5.01. The molecule has 98 valence electrons. The topological polar surface area (TPSA) is 67.4 Å². The highest BCUT2D eigenvalue weighted by atomic mass is 35.5. The van der Waals surface area contributed by atoms with Gasteiger partial charge in [-0.25, -0.2) is 4.79 Å². The van der Waals surface area contributed by atoms with Gasteiger partial charge < -0.3 is 10.1 Å². The van der Waals surface area contributed by atoms with Gasteiger partial charge in [-0.05, 0) is 6.07 Å². The van der Waals surface area contributed by atoms with E-state index in [-0.39, 0.29) is 12.3 Å². The second kappa shape index (κ2) is 7.68. The highest BCUT2D eigenvalue weighted by molar-refractivity contribution is 6.19. The number of urea groups is 1. The van der Waals surface area contributed by atoms with Gasteiger partial charge in [-0.3, -0.25) is 10.1 Å². The van der Waals surface area contributed by atoms with E-state index in [4.69, 9.17) is 16.3 Å². The number of carbonyl (C=O) groups excluding carboxylic acids is 2. The van der Waals surface area contributed by atoms with Crippen molar-refractivity contribution in [1.82, 2.24) is 5.32 Å². The Bertz CT molecular complexity index is 424. The lowest BCUT2D eigenvalue weighted by Crippen LogP contribution is -2.34. The van der Waals surface area contributed by atoms with Crippen LogP contribution in [0.1, 0.15) is 12.0 Å². The fourth-order valence-electron chi connectivity index (χ4n) is 1.35. The monoisotopic (exact) mass is 270 g/mol. The van der Waals surface area contributed by atoms with Gasteiger partial charge in [0.1, 0.15) is 0 Å². The van der Waals surface area contributed by atoms with Crippen LogP contribution in [0.3, 0.4) is 0 Å². The van der Waals surface area contributed by atoms with Gasteiger partial charge >= 0.3 is 6.03 Å². The first kappa shape index (κ1) is 14.5. The number of ether oxygens (including phenoxy) is 1. The summed E-state index contributed by atoms with van der Waals surface area (Å²) in [7, 11) is 1.57. The number of methoxy groups -OCH3 is 1. The Morgan fingerprint density at radius 2 is 2.06 bits per heavy atom. The van der Waals surface area contributed by atoms with Crippen LogP contribution in [0.25, 0.3) is 0 Å². The molecule has 3 amide bonds. The molecule has 0 spiro atoms. The molecule has 1 rings (SSSR count). The van der Waals surface area contributed by atoms with Gasteiger partial charge in [0.25, 0.3) is 0 Å². The molecule has 0 atom stereocenters. The lowest BCUT2D eigenvalue weighted by molar-refractivity contribution is -0.119. The Morgan fingerprint density at radius 3 is 2.72 bits per heavy atom. The van der Waals surface area contributed by atoms with Crippen molar-refractivity contribution < 1.29 is 14.3 Å². The molecule has 0 aliphatic rings. The average molecular weight is 271 g/mol. The summed E-state index contributed by atoms with van der Waals surface area (Å²) in [5.41, 5.74) is 1.44. The Hall–Kier alpha value is -1.59. The maximum Gasteiger partial charge on any atom is 0.325 e. The first-order chi connectivity index (χ1) is 8.67.